The van der Waals surface area contributed by atoms with Crippen molar-refractivity contribution in [1.82, 2.24) is 14.8 Å². The molecule has 4 rings (SSSR count). The Hall–Kier alpha value is -3.54. The fourth-order valence-electron chi connectivity index (χ4n) is 3.21. The number of rotatable bonds is 3. The second-order valence-electron chi connectivity index (χ2n) is 6.81. The highest BCUT2D eigenvalue weighted by Crippen LogP contribution is 2.24. The first kappa shape index (κ1) is 17.9. The van der Waals surface area contributed by atoms with E-state index in [-0.39, 0.29) is 11.7 Å². The number of carbonyl (C=O) groups excluding carboxylic acids is 1. The van der Waals surface area contributed by atoms with E-state index in [9.17, 15) is 9.18 Å². The molecule has 0 saturated carbocycles. The summed E-state index contributed by atoms with van der Waals surface area (Å²) in [5.74, 6) is 0.409. The molecule has 1 amide bonds. The summed E-state index contributed by atoms with van der Waals surface area (Å²) in [6.07, 6.45) is 0. The van der Waals surface area contributed by atoms with Crippen molar-refractivity contribution >= 4 is 22.6 Å². The third-order valence-electron chi connectivity index (χ3n) is 4.63. The SMILES string of the molecule is Cc1cc(NC(=O)c2ccc(F)cc2)n(-c2cc(C)c3cccc(C)c3n2)n1. The van der Waals surface area contributed by atoms with Gasteiger partial charge in [-0.25, -0.2) is 9.37 Å². The smallest absolute Gasteiger partial charge is 0.256 e. The predicted octanol–water partition coefficient (Wildman–Crippen LogP) is 4.74. The third kappa shape index (κ3) is 3.24. The van der Waals surface area contributed by atoms with Gasteiger partial charge in [-0.05, 0) is 62.2 Å². The summed E-state index contributed by atoms with van der Waals surface area (Å²) in [6, 6.07) is 15.2. The van der Waals surface area contributed by atoms with E-state index in [0.717, 1.165) is 27.7 Å². The summed E-state index contributed by atoms with van der Waals surface area (Å²) >= 11 is 0. The topological polar surface area (TPSA) is 59.8 Å². The van der Waals surface area contributed by atoms with Crippen LogP contribution in [0.25, 0.3) is 16.7 Å². The van der Waals surface area contributed by atoms with Gasteiger partial charge in [0, 0.05) is 17.0 Å². The van der Waals surface area contributed by atoms with Crippen molar-refractivity contribution in [2.75, 3.05) is 5.32 Å². The van der Waals surface area contributed by atoms with Gasteiger partial charge in [0.05, 0.1) is 11.2 Å². The number of halogens is 1. The summed E-state index contributed by atoms with van der Waals surface area (Å²) in [4.78, 5) is 17.3. The molecule has 0 bridgehead atoms. The molecule has 28 heavy (non-hydrogen) atoms. The molecule has 0 radical (unpaired) electrons. The van der Waals surface area contributed by atoms with E-state index in [4.69, 9.17) is 4.98 Å². The van der Waals surface area contributed by atoms with Crippen LogP contribution in [0.4, 0.5) is 10.2 Å². The number of hydrogen-bond acceptors (Lipinski definition) is 3. The monoisotopic (exact) mass is 374 g/mol. The average molecular weight is 374 g/mol. The van der Waals surface area contributed by atoms with Crippen molar-refractivity contribution in [1.29, 1.82) is 0 Å². The Morgan fingerprint density at radius 3 is 2.50 bits per heavy atom. The molecule has 0 aliphatic rings. The maximum atomic E-state index is 13.1. The first-order valence-corrected chi connectivity index (χ1v) is 8.93. The Labute approximate surface area is 161 Å². The summed E-state index contributed by atoms with van der Waals surface area (Å²) in [5, 5.41) is 8.43. The number of aromatic nitrogens is 3. The number of carbonyl (C=O) groups is 1. The number of hydrogen-bond donors (Lipinski definition) is 1. The number of pyridine rings is 1. The first-order chi connectivity index (χ1) is 13.4. The highest BCUT2D eigenvalue weighted by atomic mass is 19.1. The van der Waals surface area contributed by atoms with Gasteiger partial charge in [-0.2, -0.15) is 9.78 Å². The van der Waals surface area contributed by atoms with Crippen molar-refractivity contribution in [3.8, 4) is 5.82 Å². The van der Waals surface area contributed by atoms with E-state index in [1.165, 1.54) is 24.3 Å². The van der Waals surface area contributed by atoms with Gasteiger partial charge < -0.3 is 5.32 Å². The van der Waals surface area contributed by atoms with Gasteiger partial charge in [0.1, 0.15) is 11.6 Å². The van der Waals surface area contributed by atoms with Crippen LogP contribution >= 0.6 is 0 Å². The molecule has 0 spiro atoms. The Bertz CT molecular complexity index is 1200. The largest absolute Gasteiger partial charge is 0.306 e. The molecule has 2 heterocycles. The number of aryl methyl sites for hydroxylation is 3. The Balaban J connectivity index is 1.76. The van der Waals surface area contributed by atoms with Crippen LogP contribution in [0, 0.1) is 26.6 Å². The van der Waals surface area contributed by atoms with Crippen LogP contribution in [0.3, 0.4) is 0 Å². The average Bonchev–Trinajstić information content (AvgIpc) is 3.03. The minimum Gasteiger partial charge on any atom is -0.306 e. The fourth-order valence-corrected chi connectivity index (χ4v) is 3.21. The lowest BCUT2D eigenvalue weighted by Crippen LogP contribution is -2.15. The number of nitrogens with zero attached hydrogens (tertiary/aromatic N) is 3. The minimum atomic E-state index is -0.386. The maximum absolute atomic E-state index is 13.1. The van der Waals surface area contributed by atoms with Gasteiger partial charge in [-0.15, -0.1) is 0 Å². The fraction of sp³-hybridized carbons (Fsp3) is 0.136. The van der Waals surface area contributed by atoms with E-state index in [1.54, 1.807) is 10.7 Å². The number of anilines is 1. The molecule has 2 aromatic carbocycles. The minimum absolute atomic E-state index is 0.338. The molecule has 0 aliphatic heterocycles. The molecule has 0 atom stereocenters. The Morgan fingerprint density at radius 1 is 1.00 bits per heavy atom. The Morgan fingerprint density at radius 2 is 1.75 bits per heavy atom. The van der Waals surface area contributed by atoms with Crippen LogP contribution in [-0.4, -0.2) is 20.7 Å². The lowest BCUT2D eigenvalue weighted by Gasteiger charge is -2.11. The number of nitrogens with one attached hydrogen (secondary N) is 1. The van der Waals surface area contributed by atoms with Crippen molar-refractivity contribution in [3.63, 3.8) is 0 Å². The molecule has 4 aromatic rings. The van der Waals surface area contributed by atoms with Gasteiger partial charge in [0.25, 0.3) is 5.91 Å². The number of para-hydroxylation sites is 1. The van der Waals surface area contributed by atoms with Gasteiger partial charge in [0.2, 0.25) is 0 Å². The molecule has 6 heteroatoms. The second kappa shape index (κ2) is 6.88. The molecule has 0 aliphatic carbocycles. The Kier molecular flexibility index (Phi) is 4.39. The van der Waals surface area contributed by atoms with E-state index in [1.807, 2.05) is 45.0 Å². The molecular weight excluding hydrogens is 355 g/mol. The number of fused-ring (bicyclic) bond motifs is 1. The molecular formula is C22H19FN4O. The molecule has 0 fully saturated rings. The molecule has 2 aromatic heterocycles. The zero-order valence-corrected chi connectivity index (χ0v) is 15.8. The van der Waals surface area contributed by atoms with Crippen LogP contribution < -0.4 is 5.32 Å². The third-order valence-corrected chi connectivity index (χ3v) is 4.63. The van der Waals surface area contributed by atoms with Gasteiger partial charge in [-0.3, -0.25) is 4.79 Å². The van der Waals surface area contributed by atoms with E-state index < -0.39 is 0 Å². The van der Waals surface area contributed by atoms with Crippen molar-refractivity contribution in [2.24, 2.45) is 0 Å². The maximum Gasteiger partial charge on any atom is 0.256 e. The van der Waals surface area contributed by atoms with Crippen LogP contribution in [0.15, 0.2) is 54.6 Å². The molecule has 1 N–H and O–H groups in total. The molecule has 5 nitrogen and oxygen atoms in total. The quantitative estimate of drug-likeness (QED) is 0.564. The van der Waals surface area contributed by atoms with Crippen molar-refractivity contribution in [3.05, 3.63) is 82.8 Å². The number of benzene rings is 2. The van der Waals surface area contributed by atoms with E-state index >= 15 is 0 Å². The summed E-state index contributed by atoms with van der Waals surface area (Å²) in [5.41, 5.74) is 4.17. The summed E-state index contributed by atoms with van der Waals surface area (Å²) in [7, 11) is 0. The first-order valence-electron chi connectivity index (χ1n) is 8.93. The van der Waals surface area contributed by atoms with Crippen LogP contribution in [0.2, 0.25) is 0 Å². The molecule has 140 valence electrons. The van der Waals surface area contributed by atoms with E-state index in [0.29, 0.717) is 17.2 Å². The highest BCUT2D eigenvalue weighted by molar-refractivity contribution is 6.04. The van der Waals surface area contributed by atoms with Crippen LogP contribution in [-0.2, 0) is 0 Å². The van der Waals surface area contributed by atoms with Crippen molar-refractivity contribution < 1.29 is 9.18 Å². The lowest BCUT2D eigenvalue weighted by molar-refractivity contribution is 0.102. The summed E-state index contributed by atoms with van der Waals surface area (Å²) in [6.45, 7) is 5.90. The van der Waals surface area contributed by atoms with Crippen LogP contribution in [0.1, 0.15) is 27.2 Å². The highest BCUT2D eigenvalue weighted by Gasteiger charge is 2.15. The van der Waals surface area contributed by atoms with E-state index in [2.05, 4.69) is 10.4 Å². The number of amides is 1. The standard InChI is InChI=1S/C22H19FN4O/c1-13-5-4-6-18-14(2)11-19(24-21(13)18)27-20(12-15(3)26-27)25-22(28)16-7-9-17(23)10-8-16/h4-12H,1-3H3,(H,25,28). The van der Waals surface area contributed by atoms with Crippen molar-refractivity contribution in [2.45, 2.75) is 20.8 Å². The van der Waals surface area contributed by atoms with Gasteiger partial charge in [0.15, 0.2) is 5.82 Å². The van der Waals surface area contributed by atoms with Gasteiger partial charge >= 0.3 is 0 Å². The summed E-state index contributed by atoms with van der Waals surface area (Å²) < 4.78 is 14.7. The predicted molar refractivity (Wildman–Crippen MR) is 107 cm³/mol. The lowest BCUT2D eigenvalue weighted by atomic mass is 10.1. The van der Waals surface area contributed by atoms with Crippen LogP contribution in [0.5, 0.6) is 0 Å². The molecule has 0 unspecified atom stereocenters. The zero-order chi connectivity index (χ0) is 19.8. The zero-order valence-electron chi connectivity index (χ0n) is 15.8. The molecule has 0 saturated heterocycles. The van der Waals surface area contributed by atoms with Gasteiger partial charge in [-0.1, -0.05) is 18.2 Å². The normalized spacial score (nSPS) is 11.0. The second-order valence-corrected chi connectivity index (χ2v) is 6.81.